The van der Waals surface area contributed by atoms with Crippen molar-refractivity contribution < 1.29 is 15.2 Å². The Bertz CT molecular complexity index is 131. The van der Waals surface area contributed by atoms with Gasteiger partial charge in [0.2, 0.25) is 6.04 Å². The van der Waals surface area contributed by atoms with Gasteiger partial charge >= 0.3 is 0 Å². The number of piperidine rings is 1. The monoisotopic (exact) mass is 147 g/mol. The molecule has 0 unspecified atom stereocenters. The molecule has 0 radical (unpaired) electrons. The normalized spacial score (nSPS) is 33.7. The first-order valence-electron chi connectivity index (χ1n) is 3.37. The summed E-state index contributed by atoms with van der Waals surface area (Å²) in [6.07, 6.45) is 0.998. The van der Waals surface area contributed by atoms with Crippen LogP contribution in [0.25, 0.3) is 0 Å². The van der Waals surface area contributed by atoms with Crippen LogP contribution < -0.4 is 5.06 Å². The zero-order valence-electron chi connectivity index (χ0n) is 5.62. The smallest absolute Gasteiger partial charge is 0.224 e. The van der Waals surface area contributed by atoms with Gasteiger partial charge in [-0.05, 0) is 0 Å². The Morgan fingerprint density at radius 1 is 1.50 bits per heavy atom. The first-order chi connectivity index (χ1) is 4.70. The Labute approximate surface area is 58.4 Å². The number of nitrogens with zero attached hydrogens (tertiary/aromatic N) is 1. The summed E-state index contributed by atoms with van der Waals surface area (Å²) in [4.78, 5) is 9.92. The van der Waals surface area contributed by atoms with E-state index in [-0.39, 0.29) is 4.92 Å². The summed E-state index contributed by atoms with van der Waals surface area (Å²) in [5.74, 6) is 0. The largest absolute Gasteiger partial charge is 0.264 e. The number of hydrogen-bond acceptors (Lipinski definition) is 3. The highest BCUT2D eigenvalue weighted by Crippen LogP contribution is 2.02. The van der Waals surface area contributed by atoms with Crippen LogP contribution in [0.5, 0.6) is 0 Å². The third-order valence-corrected chi connectivity index (χ3v) is 1.83. The molecule has 0 bridgehead atoms. The quantitative estimate of drug-likeness (QED) is 0.358. The van der Waals surface area contributed by atoms with Crippen LogP contribution in [0.15, 0.2) is 0 Å². The summed E-state index contributed by atoms with van der Waals surface area (Å²) in [5, 5.41) is 19.5. The van der Waals surface area contributed by atoms with Gasteiger partial charge in [-0.2, -0.15) is 5.06 Å². The lowest BCUT2D eigenvalue weighted by molar-refractivity contribution is -1.09. The Hall–Kier alpha value is -0.680. The molecule has 0 aromatic heterocycles. The van der Waals surface area contributed by atoms with Gasteiger partial charge in [-0.1, -0.05) is 0 Å². The number of quaternary nitrogens is 1. The lowest BCUT2D eigenvalue weighted by Crippen LogP contribution is -3.11. The first-order valence-corrected chi connectivity index (χ1v) is 3.37. The molecule has 0 saturated carbocycles. The van der Waals surface area contributed by atoms with E-state index in [2.05, 4.69) is 0 Å². The van der Waals surface area contributed by atoms with Gasteiger partial charge in [0.05, 0.1) is 12.8 Å². The van der Waals surface area contributed by atoms with Crippen molar-refractivity contribution in [3.8, 4) is 0 Å². The second-order valence-electron chi connectivity index (χ2n) is 2.58. The molecular formula is C5H11N2O3+. The summed E-state index contributed by atoms with van der Waals surface area (Å²) in [7, 11) is 0. The Balaban J connectivity index is 2.33. The van der Waals surface area contributed by atoms with Gasteiger partial charge in [0.15, 0.2) is 0 Å². The second kappa shape index (κ2) is 2.94. The third kappa shape index (κ3) is 1.65. The van der Waals surface area contributed by atoms with Gasteiger partial charge in [-0.25, -0.2) is 5.21 Å². The van der Waals surface area contributed by atoms with Gasteiger partial charge in [-0.15, -0.1) is 0 Å². The minimum atomic E-state index is -0.420. The van der Waals surface area contributed by atoms with Crippen LogP contribution in [0.4, 0.5) is 0 Å². The molecule has 0 atom stereocenters. The van der Waals surface area contributed by atoms with Crippen molar-refractivity contribution in [2.45, 2.75) is 18.9 Å². The van der Waals surface area contributed by atoms with Crippen LogP contribution >= 0.6 is 0 Å². The van der Waals surface area contributed by atoms with Crippen LogP contribution in [-0.2, 0) is 0 Å². The number of nitrogens with one attached hydrogen (secondary N) is 1. The molecule has 58 valence electrons. The predicted octanol–water partition coefficient (Wildman–Crippen LogP) is -1.30. The fourth-order valence-electron chi connectivity index (χ4n) is 1.15. The fraction of sp³-hybridized carbons (Fsp3) is 1.00. The van der Waals surface area contributed by atoms with Crippen molar-refractivity contribution in [2.75, 3.05) is 13.1 Å². The maximum atomic E-state index is 10.2. The highest BCUT2D eigenvalue weighted by molar-refractivity contribution is 4.57. The van der Waals surface area contributed by atoms with Crippen molar-refractivity contribution in [2.24, 2.45) is 0 Å². The minimum absolute atomic E-state index is 0.258. The zero-order valence-corrected chi connectivity index (χ0v) is 5.62. The van der Waals surface area contributed by atoms with E-state index in [9.17, 15) is 10.1 Å². The summed E-state index contributed by atoms with van der Waals surface area (Å²) in [6, 6.07) is -0.420. The van der Waals surface area contributed by atoms with Crippen molar-refractivity contribution in [1.82, 2.24) is 0 Å². The van der Waals surface area contributed by atoms with E-state index < -0.39 is 6.04 Å². The molecular weight excluding hydrogens is 136 g/mol. The van der Waals surface area contributed by atoms with Crippen LogP contribution in [0.2, 0.25) is 0 Å². The molecule has 2 N–H and O–H groups in total. The van der Waals surface area contributed by atoms with Gasteiger partial charge in [0.1, 0.15) is 13.1 Å². The van der Waals surface area contributed by atoms with E-state index >= 15 is 0 Å². The number of rotatable bonds is 1. The molecule has 10 heavy (non-hydrogen) atoms. The van der Waals surface area contributed by atoms with E-state index in [1.165, 1.54) is 0 Å². The predicted molar refractivity (Wildman–Crippen MR) is 32.5 cm³/mol. The van der Waals surface area contributed by atoms with E-state index in [1.807, 2.05) is 0 Å². The number of hydroxylamine groups is 2. The molecule has 0 amide bonds. The third-order valence-electron chi connectivity index (χ3n) is 1.83. The molecule has 1 aliphatic rings. The van der Waals surface area contributed by atoms with Crippen LogP contribution in [0.3, 0.4) is 0 Å². The lowest BCUT2D eigenvalue weighted by Gasteiger charge is -2.18. The SMILES string of the molecule is O=[N+]([O-])C1CC[NH+](O)CC1. The van der Waals surface area contributed by atoms with Gasteiger partial charge < -0.3 is 0 Å². The molecule has 1 fully saturated rings. The Kier molecular flexibility index (Phi) is 2.18. The molecule has 1 aliphatic heterocycles. The Morgan fingerprint density at radius 2 is 2.00 bits per heavy atom. The van der Waals surface area contributed by atoms with Crippen molar-refractivity contribution in [3.05, 3.63) is 10.1 Å². The molecule has 1 heterocycles. The van der Waals surface area contributed by atoms with Gasteiger partial charge in [0, 0.05) is 4.92 Å². The maximum absolute atomic E-state index is 10.2. The van der Waals surface area contributed by atoms with Crippen molar-refractivity contribution in [3.63, 3.8) is 0 Å². The van der Waals surface area contributed by atoms with Gasteiger partial charge in [-0.3, -0.25) is 10.1 Å². The molecule has 0 aromatic carbocycles. The highest BCUT2D eigenvalue weighted by Gasteiger charge is 2.28. The molecule has 1 saturated heterocycles. The van der Waals surface area contributed by atoms with Crippen LogP contribution in [0.1, 0.15) is 12.8 Å². The first kappa shape index (κ1) is 7.43. The maximum Gasteiger partial charge on any atom is 0.224 e. The highest BCUT2D eigenvalue weighted by atomic mass is 16.6. The molecule has 0 aromatic rings. The van der Waals surface area contributed by atoms with E-state index in [4.69, 9.17) is 5.21 Å². The van der Waals surface area contributed by atoms with Crippen molar-refractivity contribution >= 4 is 0 Å². The standard InChI is InChI=1S/C5H10N2O3/c8-6-3-1-5(2-4-6)7(9)10/h5,8H,1-4H2/p+1. The molecule has 0 aliphatic carbocycles. The van der Waals surface area contributed by atoms with E-state index in [1.54, 1.807) is 0 Å². The van der Waals surface area contributed by atoms with E-state index in [0.717, 1.165) is 0 Å². The average Bonchev–Trinajstić information content (AvgIpc) is 1.88. The fourth-order valence-corrected chi connectivity index (χ4v) is 1.15. The zero-order chi connectivity index (χ0) is 7.56. The Morgan fingerprint density at radius 3 is 2.40 bits per heavy atom. The lowest BCUT2D eigenvalue weighted by atomic mass is 10.1. The van der Waals surface area contributed by atoms with Crippen LogP contribution in [-0.4, -0.2) is 29.3 Å². The summed E-state index contributed by atoms with van der Waals surface area (Å²) in [5.41, 5.74) is 0. The van der Waals surface area contributed by atoms with Crippen LogP contribution in [0, 0.1) is 10.1 Å². The summed E-state index contributed by atoms with van der Waals surface area (Å²) in [6.45, 7) is 1.01. The van der Waals surface area contributed by atoms with Crippen molar-refractivity contribution in [1.29, 1.82) is 0 Å². The molecule has 5 nitrogen and oxygen atoms in total. The van der Waals surface area contributed by atoms with E-state index in [0.29, 0.717) is 31.0 Å². The minimum Gasteiger partial charge on any atom is -0.264 e. The molecule has 0 spiro atoms. The molecule has 5 heteroatoms. The number of nitro groups is 1. The topological polar surface area (TPSA) is 67.8 Å². The molecule has 1 rings (SSSR count). The van der Waals surface area contributed by atoms with Gasteiger partial charge in [0.25, 0.3) is 0 Å². The summed E-state index contributed by atoms with van der Waals surface area (Å²) < 4.78 is 0. The number of hydrogen-bond donors (Lipinski definition) is 2. The average molecular weight is 147 g/mol. The second-order valence-corrected chi connectivity index (χ2v) is 2.58. The summed E-state index contributed by atoms with van der Waals surface area (Å²) >= 11 is 0.